The minimum absolute atomic E-state index is 0. The number of benzene rings is 1. The molecule has 96 valence electrons. The number of nitrogens with two attached hydrogens (primary N) is 1. The first-order chi connectivity index (χ1) is 7.49. The van der Waals surface area contributed by atoms with Crippen LogP contribution in [0.15, 0.2) is 30.3 Å². The third-order valence-electron chi connectivity index (χ3n) is 2.88. The highest BCUT2D eigenvalue weighted by Crippen LogP contribution is 2.24. The number of likely N-dealkylation sites (N-methyl/N-ethyl adjacent to an activating group) is 1. The number of rotatable bonds is 5. The molecule has 1 atom stereocenters. The number of carbonyl (C=O) groups is 1. The molecule has 4 heteroatoms. The van der Waals surface area contributed by atoms with Gasteiger partial charge in [0, 0.05) is 5.56 Å². The van der Waals surface area contributed by atoms with E-state index in [-0.39, 0.29) is 24.4 Å². The average Bonchev–Trinajstić information content (AvgIpc) is 2.17. The number of halogens is 1. The molecule has 3 nitrogen and oxygen atoms in total. The van der Waals surface area contributed by atoms with Gasteiger partial charge in [-0.2, -0.15) is 0 Å². The van der Waals surface area contributed by atoms with Crippen molar-refractivity contribution >= 4 is 5.91 Å². The van der Waals surface area contributed by atoms with Crippen LogP contribution in [-0.2, 0) is 4.79 Å². The van der Waals surface area contributed by atoms with Gasteiger partial charge in [0.1, 0.15) is 0 Å². The van der Waals surface area contributed by atoms with Gasteiger partial charge in [-0.1, -0.05) is 37.3 Å². The van der Waals surface area contributed by atoms with E-state index in [0.29, 0.717) is 4.48 Å². The van der Waals surface area contributed by atoms with E-state index < -0.39 is 0 Å². The molecule has 1 unspecified atom stereocenters. The molecule has 1 amide bonds. The summed E-state index contributed by atoms with van der Waals surface area (Å²) < 4.78 is 0.607. The Hall–Kier alpha value is -1.06. The van der Waals surface area contributed by atoms with E-state index >= 15 is 0 Å². The van der Waals surface area contributed by atoms with Crippen molar-refractivity contribution in [3.63, 3.8) is 0 Å². The predicted octanol–water partition coefficient (Wildman–Crippen LogP) is -1.30. The summed E-state index contributed by atoms with van der Waals surface area (Å²) in [5.74, 6) is -0.260. The maximum absolute atomic E-state index is 11.6. The first kappa shape index (κ1) is 15.9. The summed E-state index contributed by atoms with van der Waals surface area (Å²) in [6.45, 7) is 3.05. The molecule has 0 aliphatic carbocycles. The maximum atomic E-state index is 11.6. The van der Waals surface area contributed by atoms with Crippen molar-refractivity contribution in [1.82, 2.24) is 0 Å². The van der Waals surface area contributed by atoms with Gasteiger partial charge >= 0.3 is 0 Å². The average molecular weight is 257 g/mol. The Balaban J connectivity index is 0.00000256. The van der Waals surface area contributed by atoms with Gasteiger partial charge in [0.25, 0.3) is 5.91 Å². The van der Waals surface area contributed by atoms with Gasteiger partial charge in [0.2, 0.25) is 0 Å². The highest BCUT2D eigenvalue weighted by Gasteiger charge is 2.33. The van der Waals surface area contributed by atoms with Gasteiger partial charge in [-0.3, -0.25) is 4.79 Å². The molecule has 0 aliphatic heterocycles. The molecule has 0 bridgehead atoms. The van der Waals surface area contributed by atoms with Gasteiger partial charge < -0.3 is 22.6 Å². The smallest absolute Gasteiger partial charge is 0.280 e. The predicted molar refractivity (Wildman–Crippen MR) is 65.6 cm³/mol. The van der Waals surface area contributed by atoms with Crippen molar-refractivity contribution < 1.29 is 21.7 Å². The molecular weight excluding hydrogens is 236 g/mol. The monoisotopic (exact) mass is 256 g/mol. The first-order valence-corrected chi connectivity index (χ1v) is 5.66. The van der Waals surface area contributed by atoms with E-state index in [0.717, 1.165) is 18.5 Å². The molecule has 0 radical (unpaired) electrons. The molecule has 1 rings (SSSR count). The number of primary amides is 1. The third-order valence-corrected chi connectivity index (χ3v) is 2.88. The van der Waals surface area contributed by atoms with Crippen LogP contribution in [0.3, 0.4) is 0 Å². The summed E-state index contributed by atoms with van der Waals surface area (Å²) in [5.41, 5.74) is 6.52. The van der Waals surface area contributed by atoms with Crippen LogP contribution in [0.25, 0.3) is 0 Å². The largest absolute Gasteiger partial charge is 1.00 e. The molecule has 17 heavy (non-hydrogen) atoms. The summed E-state index contributed by atoms with van der Waals surface area (Å²) in [4.78, 5) is 11.6. The van der Waals surface area contributed by atoms with Crippen molar-refractivity contribution in [3.05, 3.63) is 35.9 Å². The van der Waals surface area contributed by atoms with E-state index in [1.54, 1.807) is 0 Å². The van der Waals surface area contributed by atoms with Crippen LogP contribution in [0.5, 0.6) is 0 Å². The number of hydrogen-bond donors (Lipinski definition) is 1. The quantitative estimate of drug-likeness (QED) is 0.655. The molecule has 0 spiro atoms. The number of amides is 1. The summed E-state index contributed by atoms with van der Waals surface area (Å²) in [7, 11) is 4.10. The van der Waals surface area contributed by atoms with E-state index in [4.69, 9.17) is 5.73 Å². The van der Waals surface area contributed by atoms with E-state index in [2.05, 4.69) is 6.92 Å². The highest BCUT2D eigenvalue weighted by atomic mass is 35.5. The molecule has 2 N–H and O–H groups in total. The summed E-state index contributed by atoms with van der Waals surface area (Å²) in [6, 6.07) is 9.49. The van der Waals surface area contributed by atoms with Crippen LogP contribution in [0, 0.1) is 0 Å². The fraction of sp³-hybridized carbons (Fsp3) is 0.462. The second-order valence-corrected chi connectivity index (χ2v) is 4.72. The Labute approximate surface area is 110 Å². The Morgan fingerprint density at radius 3 is 2.24 bits per heavy atom. The van der Waals surface area contributed by atoms with Crippen molar-refractivity contribution in [2.24, 2.45) is 5.73 Å². The Bertz CT molecular complexity index is 352. The van der Waals surface area contributed by atoms with Gasteiger partial charge in [-0.15, -0.1) is 0 Å². The van der Waals surface area contributed by atoms with Crippen LogP contribution in [0.2, 0.25) is 0 Å². The fourth-order valence-electron chi connectivity index (χ4n) is 2.25. The summed E-state index contributed by atoms with van der Waals surface area (Å²) in [6.07, 6.45) is 1.03. The topological polar surface area (TPSA) is 43.1 Å². The molecular formula is C13H21ClN2O. The van der Waals surface area contributed by atoms with E-state index in [1.807, 2.05) is 44.4 Å². The standard InChI is InChI=1S/C13H20N2O.ClH/c1-4-10-15(2,3)12(13(14)16)11-8-6-5-7-9-11;/h5-9,12H,4,10H2,1-3H3,(H-,14,16);1H. The lowest BCUT2D eigenvalue weighted by atomic mass is 10.0. The number of carbonyl (C=O) groups excluding carboxylic acids is 1. The Morgan fingerprint density at radius 1 is 1.29 bits per heavy atom. The van der Waals surface area contributed by atoms with Crippen LogP contribution >= 0.6 is 0 Å². The Kier molecular flexibility index (Phi) is 6.21. The van der Waals surface area contributed by atoms with Crippen molar-refractivity contribution in [1.29, 1.82) is 0 Å². The first-order valence-electron chi connectivity index (χ1n) is 5.66. The molecule has 0 heterocycles. The van der Waals surface area contributed by atoms with Gasteiger partial charge in [0.05, 0.1) is 20.6 Å². The molecule has 0 fully saturated rings. The maximum Gasteiger partial charge on any atom is 0.280 e. The SMILES string of the molecule is CCC[N+](C)(C)C(C(N)=O)c1ccccc1.[Cl-]. The number of quaternary nitrogens is 1. The lowest BCUT2D eigenvalue weighted by Crippen LogP contribution is -3.00. The fourth-order valence-corrected chi connectivity index (χ4v) is 2.25. The van der Waals surface area contributed by atoms with Crippen LogP contribution in [-0.4, -0.2) is 31.0 Å². The van der Waals surface area contributed by atoms with E-state index in [9.17, 15) is 4.79 Å². The molecule has 1 aromatic carbocycles. The summed E-state index contributed by atoms with van der Waals surface area (Å²) >= 11 is 0. The number of nitrogens with zero attached hydrogens (tertiary/aromatic N) is 1. The van der Waals surface area contributed by atoms with Crippen LogP contribution in [0.4, 0.5) is 0 Å². The van der Waals surface area contributed by atoms with E-state index in [1.165, 1.54) is 0 Å². The second-order valence-electron chi connectivity index (χ2n) is 4.72. The summed E-state index contributed by atoms with van der Waals surface area (Å²) in [5, 5.41) is 0. The van der Waals surface area contributed by atoms with Crippen molar-refractivity contribution in [2.75, 3.05) is 20.6 Å². The van der Waals surface area contributed by atoms with Crippen LogP contribution < -0.4 is 18.1 Å². The van der Waals surface area contributed by atoms with Gasteiger partial charge in [-0.05, 0) is 6.42 Å². The minimum atomic E-state index is -0.263. The highest BCUT2D eigenvalue weighted by molar-refractivity contribution is 5.80. The number of hydrogen-bond acceptors (Lipinski definition) is 1. The molecule has 0 saturated heterocycles. The molecule has 0 aliphatic rings. The van der Waals surface area contributed by atoms with Crippen molar-refractivity contribution in [2.45, 2.75) is 19.4 Å². The third kappa shape index (κ3) is 4.02. The van der Waals surface area contributed by atoms with Gasteiger partial charge in [0.15, 0.2) is 6.04 Å². The van der Waals surface area contributed by atoms with Crippen molar-refractivity contribution in [3.8, 4) is 0 Å². The normalized spacial score (nSPS) is 12.6. The Morgan fingerprint density at radius 2 is 1.82 bits per heavy atom. The lowest BCUT2D eigenvalue weighted by Gasteiger charge is -2.36. The minimum Gasteiger partial charge on any atom is -1.00 e. The zero-order valence-corrected chi connectivity index (χ0v) is 11.4. The zero-order chi connectivity index (χ0) is 12.2. The second kappa shape index (κ2) is 6.62. The lowest BCUT2D eigenvalue weighted by molar-refractivity contribution is -0.911. The molecule has 1 aromatic rings. The van der Waals surface area contributed by atoms with Crippen LogP contribution in [0.1, 0.15) is 24.9 Å². The zero-order valence-electron chi connectivity index (χ0n) is 10.7. The molecule has 0 saturated carbocycles. The molecule has 0 aromatic heterocycles. The van der Waals surface area contributed by atoms with Gasteiger partial charge in [-0.25, -0.2) is 0 Å².